The number of esters is 1. The zero-order valence-electron chi connectivity index (χ0n) is 18.4. The highest BCUT2D eigenvalue weighted by Crippen LogP contribution is 2.35. The molecule has 1 aliphatic heterocycles. The van der Waals surface area contributed by atoms with Crippen LogP contribution in [0, 0.1) is 10.1 Å². The molecule has 1 fully saturated rings. The second-order valence-electron chi connectivity index (χ2n) is 6.97. The first-order valence-corrected chi connectivity index (χ1v) is 11.0. The van der Waals surface area contributed by atoms with Crippen molar-refractivity contribution < 1.29 is 33.5 Å². The van der Waals surface area contributed by atoms with Gasteiger partial charge in [0.1, 0.15) is 12.7 Å². The van der Waals surface area contributed by atoms with Gasteiger partial charge >= 0.3 is 5.97 Å². The summed E-state index contributed by atoms with van der Waals surface area (Å²) in [5.74, 6) is -0.489. The van der Waals surface area contributed by atoms with Crippen LogP contribution in [-0.4, -0.2) is 52.2 Å². The lowest BCUT2D eigenvalue weighted by Crippen LogP contribution is -2.34. The standard InChI is InChI=1S/C22H21N3O8S/c1-3-4-9-32-20(26)13-24-21(27)18(34-22(24)28)11-14-5-7-16(17(10-14)31-2)33-19-8-6-15(12-23-19)25(29)30/h5-8,10-12H,3-4,9,13H2,1-2H3/b18-11+. The van der Waals surface area contributed by atoms with Crippen LogP contribution in [0.15, 0.2) is 41.4 Å². The number of amides is 2. The number of hydrogen-bond acceptors (Lipinski definition) is 10. The van der Waals surface area contributed by atoms with E-state index in [0.29, 0.717) is 23.5 Å². The predicted molar refractivity (Wildman–Crippen MR) is 123 cm³/mol. The lowest BCUT2D eigenvalue weighted by atomic mass is 10.2. The molecule has 0 atom stereocenters. The molecule has 0 aliphatic carbocycles. The van der Waals surface area contributed by atoms with Gasteiger partial charge in [-0.05, 0) is 42.0 Å². The highest BCUT2D eigenvalue weighted by molar-refractivity contribution is 8.18. The van der Waals surface area contributed by atoms with Crippen molar-refractivity contribution in [1.29, 1.82) is 0 Å². The number of carbonyl (C=O) groups is 3. The number of rotatable bonds is 10. The number of unbranched alkanes of at least 4 members (excludes halogenated alkanes) is 1. The van der Waals surface area contributed by atoms with Crippen LogP contribution in [0.3, 0.4) is 0 Å². The number of hydrogen-bond donors (Lipinski definition) is 0. The van der Waals surface area contributed by atoms with Crippen LogP contribution in [0.1, 0.15) is 25.3 Å². The van der Waals surface area contributed by atoms with Crippen LogP contribution in [-0.2, 0) is 14.3 Å². The van der Waals surface area contributed by atoms with E-state index in [1.807, 2.05) is 6.92 Å². The summed E-state index contributed by atoms with van der Waals surface area (Å²) >= 11 is 0.725. The summed E-state index contributed by atoms with van der Waals surface area (Å²) in [6.07, 6.45) is 4.14. The van der Waals surface area contributed by atoms with Crippen molar-refractivity contribution in [2.45, 2.75) is 19.8 Å². The molecule has 11 nitrogen and oxygen atoms in total. The van der Waals surface area contributed by atoms with Gasteiger partial charge in [0.25, 0.3) is 16.8 Å². The summed E-state index contributed by atoms with van der Waals surface area (Å²) < 4.78 is 16.0. The van der Waals surface area contributed by atoms with E-state index in [0.717, 1.165) is 29.3 Å². The maximum Gasteiger partial charge on any atom is 0.326 e. The third kappa shape index (κ3) is 6.10. The smallest absolute Gasteiger partial charge is 0.326 e. The van der Waals surface area contributed by atoms with Gasteiger partial charge in [0.05, 0.1) is 23.5 Å². The zero-order chi connectivity index (χ0) is 24.7. The summed E-state index contributed by atoms with van der Waals surface area (Å²) in [5.41, 5.74) is 0.384. The number of nitro groups is 1. The van der Waals surface area contributed by atoms with Gasteiger partial charge in [-0.2, -0.15) is 0 Å². The topological polar surface area (TPSA) is 138 Å². The molecular weight excluding hydrogens is 466 g/mol. The molecular formula is C22H21N3O8S. The molecule has 0 N–H and O–H groups in total. The first-order chi connectivity index (χ1) is 16.3. The molecule has 0 bridgehead atoms. The number of carbonyl (C=O) groups excluding carboxylic acids is 3. The second kappa shape index (κ2) is 11.3. The van der Waals surface area contributed by atoms with Gasteiger partial charge in [-0.3, -0.25) is 29.4 Å². The van der Waals surface area contributed by atoms with Crippen LogP contribution in [0.25, 0.3) is 6.08 Å². The Bertz CT molecular complexity index is 1130. The molecule has 0 saturated carbocycles. The third-order valence-electron chi connectivity index (χ3n) is 4.55. The Hall–Kier alpha value is -3.93. The van der Waals surface area contributed by atoms with Crippen molar-refractivity contribution in [2.75, 3.05) is 20.3 Å². The van der Waals surface area contributed by atoms with Crippen molar-refractivity contribution in [3.8, 4) is 17.4 Å². The van der Waals surface area contributed by atoms with Crippen LogP contribution in [0.2, 0.25) is 0 Å². The van der Waals surface area contributed by atoms with E-state index in [1.54, 1.807) is 18.2 Å². The highest BCUT2D eigenvalue weighted by atomic mass is 32.2. The second-order valence-corrected chi connectivity index (χ2v) is 7.96. The first kappa shape index (κ1) is 24.7. The minimum atomic E-state index is -0.639. The van der Waals surface area contributed by atoms with Crippen LogP contribution >= 0.6 is 11.8 Å². The van der Waals surface area contributed by atoms with Gasteiger partial charge in [0.2, 0.25) is 5.88 Å². The quantitative estimate of drug-likeness (QED) is 0.158. The van der Waals surface area contributed by atoms with Gasteiger partial charge in [0.15, 0.2) is 11.5 Å². The van der Waals surface area contributed by atoms with E-state index in [4.69, 9.17) is 14.2 Å². The van der Waals surface area contributed by atoms with Gasteiger partial charge in [0, 0.05) is 12.1 Å². The Balaban J connectivity index is 1.71. The zero-order valence-corrected chi connectivity index (χ0v) is 19.2. The number of nitrogens with zero attached hydrogens (tertiary/aromatic N) is 3. The molecule has 178 valence electrons. The molecule has 0 radical (unpaired) electrons. The minimum Gasteiger partial charge on any atom is -0.493 e. The summed E-state index contributed by atoms with van der Waals surface area (Å²) in [6.45, 7) is 1.75. The highest BCUT2D eigenvalue weighted by Gasteiger charge is 2.36. The average Bonchev–Trinajstić information content (AvgIpc) is 3.07. The van der Waals surface area contributed by atoms with Gasteiger partial charge in [-0.25, -0.2) is 4.98 Å². The Kier molecular flexibility index (Phi) is 8.19. The Morgan fingerprint density at radius 3 is 2.68 bits per heavy atom. The number of thioether (sulfide) groups is 1. The molecule has 2 amide bonds. The van der Waals surface area contributed by atoms with Gasteiger partial charge < -0.3 is 14.2 Å². The summed E-state index contributed by atoms with van der Waals surface area (Å²) in [6, 6.07) is 7.42. The number of benzene rings is 1. The van der Waals surface area contributed by atoms with Crippen LogP contribution in [0.5, 0.6) is 17.4 Å². The van der Waals surface area contributed by atoms with Crippen molar-refractivity contribution in [3.63, 3.8) is 0 Å². The fourth-order valence-electron chi connectivity index (χ4n) is 2.80. The predicted octanol–water partition coefficient (Wildman–Crippen LogP) is 4.17. The molecule has 2 aromatic rings. The molecule has 1 aliphatic rings. The number of aromatic nitrogens is 1. The molecule has 12 heteroatoms. The monoisotopic (exact) mass is 487 g/mol. The maximum atomic E-state index is 12.6. The molecule has 34 heavy (non-hydrogen) atoms. The van der Waals surface area contributed by atoms with Crippen molar-refractivity contribution in [1.82, 2.24) is 9.88 Å². The fourth-order valence-corrected chi connectivity index (χ4v) is 3.64. The molecule has 0 spiro atoms. The molecule has 1 aromatic heterocycles. The van der Waals surface area contributed by atoms with E-state index in [2.05, 4.69) is 4.98 Å². The number of imide groups is 1. The SMILES string of the molecule is CCCCOC(=O)CN1C(=O)S/C(=C/c2ccc(Oc3ccc([N+](=O)[O-])cn3)c(OC)c2)C1=O. The number of ether oxygens (including phenoxy) is 3. The van der Waals surface area contributed by atoms with E-state index in [1.165, 1.54) is 25.3 Å². The molecule has 1 saturated heterocycles. The molecule has 3 rings (SSSR count). The Morgan fingerprint density at radius 1 is 1.24 bits per heavy atom. The van der Waals surface area contributed by atoms with E-state index in [9.17, 15) is 24.5 Å². The first-order valence-electron chi connectivity index (χ1n) is 10.2. The summed E-state index contributed by atoms with van der Waals surface area (Å²) in [5, 5.41) is 10.2. The largest absolute Gasteiger partial charge is 0.493 e. The molecule has 0 unspecified atom stereocenters. The van der Waals surface area contributed by atoms with Crippen molar-refractivity contribution in [3.05, 3.63) is 57.1 Å². The van der Waals surface area contributed by atoms with Crippen molar-refractivity contribution >= 4 is 40.6 Å². The normalized spacial score (nSPS) is 14.4. The molecule has 1 aromatic carbocycles. The van der Waals surface area contributed by atoms with E-state index < -0.39 is 28.6 Å². The molecule has 2 heterocycles. The fraction of sp³-hybridized carbons (Fsp3) is 0.273. The van der Waals surface area contributed by atoms with Crippen LogP contribution in [0.4, 0.5) is 10.5 Å². The summed E-state index contributed by atoms with van der Waals surface area (Å²) in [4.78, 5) is 51.8. The maximum absolute atomic E-state index is 12.6. The van der Waals surface area contributed by atoms with Crippen LogP contribution < -0.4 is 9.47 Å². The van der Waals surface area contributed by atoms with E-state index in [-0.39, 0.29) is 23.1 Å². The van der Waals surface area contributed by atoms with E-state index >= 15 is 0 Å². The summed E-state index contributed by atoms with van der Waals surface area (Å²) in [7, 11) is 1.42. The Morgan fingerprint density at radius 2 is 2.03 bits per heavy atom. The Labute approximate surface area is 198 Å². The number of pyridine rings is 1. The van der Waals surface area contributed by atoms with Gasteiger partial charge in [-0.15, -0.1) is 0 Å². The van der Waals surface area contributed by atoms with Gasteiger partial charge in [-0.1, -0.05) is 19.4 Å². The lowest BCUT2D eigenvalue weighted by Gasteiger charge is -2.11. The third-order valence-corrected chi connectivity index (χ3v) is 5.46. The number of methoxy groups -OCH3 is 1. The van der Waals surface area contributed by atoms with Crippen molar-refractivity contribution in [2.24, 2.45) is 0 Å². The lowest BCUT2D eigenvalue weighted by molar-refractivity contribution is -0.385. The minimum absolute atomic E-state index is 0.128. The average molecular weight is 487 g/mol.